The normalized spacial score (nSPS) is 31.0. The predicted octanol–water partition coefficient (Wildman–Crippen LogP) is 5.01. The molecule has 23 heavy (non-hydrogen) atoms. The highest BCUT2D eigenvalue weighted by Crippen LogP contribution is 2.54. The first kappa shape index (κ1) is 14.4. The summed E-state index contributed by atoms with van der Waals surface area (Å²) in [7, 11) is 0. The average molecular weight is 352 g/mol. The highest BCUT2D eigenvalue weighted by atomic mass is 35.5. The van der Waals surface area contributed by atoms with Gasteiger partial charge in [0.2, 0.25) is 0 Å². The smallest absolute Gasteiger partial charge is 0.145 e. The van der Waals surface area contributed by atoms with Gasteiger partial charge in [0.25, 0.3) is 0 Å². The molecule has 2 heterocycles. The van der Waals surface area contributed by atoms with Gasteiger partial charge in [-0.1, -0.05) is 18.0 Å². The first-order valence-corrected chi connectivity index (χ1v) is 9.72. The summed E-state index contributed by atoms with van der Waals surface area (Å²) in [5.74, 6) is 2.70. The third-order valence-corrected chi connectivity index (χ3v) is 7.15. The van der Waals surface area contributed by atoms with Crippen LogP contribution in [0, 0.1) is 0 Å². The fourth-order valence-corrected chi connectivity index (χ4v) is 5.28. The number of nitrogens with zero attached hydrogens (tertiary/aromatic N) is 3. The molecule has 2 aromatic rings. The van der Waals surface area contributed by atoms with Crippen LogP contribution in [-0.4, -0.2) is 20.9 Å². The molecule has 0 radical (unpaired) electrons. The number of alkyl halides is 1. The van der Waals surface area contributed by atoms with E-state index in [1.165, 1.54) is 32.1 Å². The molecule has 0 atom stereocenters. The Bertz CT molecular complexity index is 741. The molecule has 0 bridgehead atoms. The van der Waals surface area contributed by atoms with Crippen LogP contribution < -0.4 is 0 Å². The fraction of sp³-hybridized carbons (Fsp3) is 0.647. The molecule has 0 saturated heterocycles. The Morgan fingerprint density at radius 3 is 2.48 bits per heavy atom. The predicted molar refractivity (Wildman–Crippen MR) is 89.1 cm³/mol. The molecule has 0 N–H and O–H groups in total. The van der Waals surface area contributed by atoms with Crippen LogP contribution in [-0.2, 0) is 5.41 Å². The molecule has 3 saturated carbocycles. The molecule has 3 aliphatic rings. The average Bonchev–Trinajstić information content (AvgIpc) is 3.04. The Balaban J connectivity index is 1.62. The van der Waals surface area contributed by atoms with Crippen LogP contribution in [0.3, 0.4) is 0 Å². The van der Waals surface area contributed by atoms with Crippen LogP contribution in [0.4, 0.5) is 4.39 Å². The van der Waals surface area contributed by atoms with Gasteiger partial charge in [0.05, 0.1) is 9.75 Å². The quantitative estimate of drug-likeness (QED) is 0.774. The van der Waals surface area contributed by atoms with Crippen molar-refractivity contribution in [2.24, 2.45) is 0 Å². The Labute approximate surface area is 143 Å². The van der Waals surface area contributed by atoms with E-state index < -0.39 is 6.17 Å². The molecule has 0 amide bonds. The van der Waals surface area contributed by atoms with E-state index in [2.05, 4.69) is 14.8 Å². The van der Waals surface area contributed by atoms with E-state index in [1.807, 2.05) is 12.1 Å². The number of hydrogen-bond acceptors (Lipinski definition) is 3. The summed E-state index contributed by atoms with van der Waals surface area (Å²) in [5.41, 5.74) is -0.311. The standard InChI is InChI=1S/C17H19ClFN3S/c18-14-7-6-13(23-14)17(8-11(19)9-17)16-21-20-15(10-2-1-3-10)22(16)12-4-5-12/h6-7,10-12H,1-5,8-9H2/t11-,17-. The molecule has 122 valence electrons. The van der Waals surface area contributed by atoms with E-state index in [1.54, 1.807) is 11.3 Å². The minimum atomic E-state index is -0.743. The topological polar surface area (TPSA) is 30.7 Å². The Morgan fingerprint density at radius 1 is 1.17 bits per heavy atom. The summed E-state index contributed by atoms with van der Waals surface area (Å²) in [4.78, 5) is 1.14. The highest BCUT2D eigenvalue weighted by molar-refractivity contribution is 7.16. The van der Waals surface area contributed by atoms with Gasteiger partial charge in [-0.3, -0.25) is 0 Å². The Morgan fingerprint density at radius 2 is 1.96 bits per heavy atom. The molecule has 3 fully saturated rings. The summed E-state index contributed by atoms with van der Waals surface area (Å²) in [6, 6.07) is 4.49. The van der Waals surface area contributed by atoms with E-state index in [4.69, 9.17) is 11.6 Å². The maximum absolute atomic E-state index is 13.9. The van der Waals surface area contributed by atoms with E-state index in [0.29, 0.717) is 24.8 Å². The molecule has 0 aliphatic heterocycles. The number of hydrogen-bond donors (Lipinski definition) is 0. The van der Waals surface area contributed by atoms with Gasteiger partial charge < -0.3 is 4.57 Å². The lowest BCUT2D eigenvalue weighted by Crippen LogP contribution is -2.45. The van der Waals surface area contributed by atoms with Crippen molar-refractivity contribution in [1.82, 2.24) is 14.8 Å². The number of thiophene rings is 1. The van der Waals surface area contributed by atoms with Crippen molar-refractivity contribution in [3.8, 4) is 0 Å². The van der Waals surface area contributed by atoms with Gasteiger partial charge in [-0.2, -0.15) is 0 Å². The van der Waals surface area contributed by atoms with Crippen LogP contribution in [0.15, 0.2) is 12.1 Å². The molecular weight excluding hydrogens is 333 g/mol. The summed E-state index contributed by atoms with van der Waals surface area (Å²) in [5, 5.41) is 9.17. The van der Waals surface area contributed by atoms with Crippen molar-refractivity contribution in [3.63, 3.8) is 0 Å². The number of aromatic nitrogens is 3. The van der Waals surface area contributed by atoms with Crippen LogP contribution in [0.1, 0.15) is 73.4 Å². The third-order valence-electron chi connectivity index (χ3n) is 5.72. The second kappa shape index (κ2) is 5.03. The van der Waals surface area contributed by atoms with E-state index in [9.17, 15) is 4.39 Å². The lowest BCUT2D eigenvalue weighted by Gasteiger charge is -2.43. The molecule has 3 nitrogen and oxygen atoms in total. The minimum Gasteiger partial charge on any atom is -0.311 e. The zero-order valence-electron chi connectivity index (χ0n) is 12.8. The van der Waals surface area contributed by atoms with Crippen LogP contribution in [0.5, 0.6) is 0 Å². The minimum absolute atomic E-state index is 0.311. The number of rotatable bonds is 4. The third kappa shape index (κ3) is 2.12. The van der Waals surface area contributed by atoms with Gasteiger partial charge in [0, 0.05) is 16.8 Å². The second-order valence-electron chi connectivity index (χ2n) is 7.30. The van der Waals surface area contributed by atoms with Crippen molar-refractivity contribution in [3.05, 3.63) is 33.0 Å². The van der Waals surface area contributed by atoms with Crippen molar-refractivity contribution >= 4 is 22.9 Å². The molecule has 0 aromatic carbocycles. The lowest BCUT2D eigenvalue weighted by molar-refractivity contribution is 0.116. The summed E-state index contributed by atoms with van der Waals surface area (Å²) in [6.07, 6.45) is 6.40. The molecule has 0 unspecified atom stereocenters. The second-order valence-corrected chi connectivity index (χ2v) is 9.02. The number of halogens is 2. The molecule has 5 rings (SSSR count). The van der Waals surface area contributed by atoms with Gasteiger partial charge in [-0.25, -0.2) is 4.39 Å². The molecule has 6 heteroatoms. The molecule has 0 spiro atoms. The van der Waals surface area contributed by atoms with Gasteiger partial charge in [0.1, 0.15) is 17.8 Å². The molecular formula is C17H19ClFN3S. The summed E-state index contributed by atoms with van der Waals surface area (Å²) < 4.78 is 17.0. The van der Waals surface area contributed by atoms with Crippen LogP contribution >= 0.6 is 22.9 Å². The zero-order chi connectivity index (χ0) is 15.6. The lowest BCUT2D eigenvalue weighted by atomic mass is 9.65. The van der Waals surface area contributed by atoms with E-state index in [-0.39, 0.29) is 5.41 Å². The van der Waals surface area contributed by atoms with Gasteiger partial charge in [-0.05, 0) is 50.7 Å². The highest BCUT2D eigenvalue weighted by Gasteiger charge is 2.53. The summed E-state index contributed by atoms with van der Waals surface area (Å²) in [6.45, 7) is 0. The van der Waals surface area contributed by atoms with E-state index in [0.717, 1.165) is 20.9 Å². The van der Waals surface area contributed by atoms with Crippen molar-refractivity contribution in [1.29, 1.82) is 0 Å². The SMILES string of the molecule is F[C@H]1C[C@](c2ccc(Cl)s2)(c2nnc(C3CCC3)n2C2CC2)C1. The fourth-order valence-electron chi connectivity index (χ4n) is 4.03. The molecule has 3 aliphatic carbocycles. The summed E-state index contributed by atoms with van der Waals surface area (Å²) >= 11 is 7.72. The van der Waals surface area contributed by atoms with Crippen molar-refractivity contribution < 1.29 is 4.39 Å². The first-order valence-electron chi connectivity index (χ1n) is 8.52. The van der Waals surface area contributed by atoms with E-state index >= 15 is 0 Å². The Kier molecular flexibility index (Phi) is 3.15. The largest absolute Gasteiger partial charge is 0.311 e. The first-order chi connectivity index (χ1) is 11.2. The Hall–Kier alpha value is -0.940. The van der Waals surface area contributed by atoms with Gasteiger partial charge in [-0.15, -0.1) is 21.5 Å². The van der Waals surface area contributed by atoms with Gasteiger partial charge >= 0.3 is 0 Å². The van der Waals surface area contributed by atoms with Crippen LogP contribution in [0.25, 0.3) is 0 Å². The van der Waals surface area contributed by atoms with Crippen molar-refractivity contribution in [2.75, 3.05) is 0 Å². The molecule has 2 aromatic heterocycles. The maximum atomic E-state index is 13.9. The van der Waals surface area contributed by atoms with Gasteiger partial charge in [0.15, 0.2) is 0 Å². The van der Waals surface area contributed by atoms with Crippen LogP contribution in [0.2, 0.25) is 4.34 Å². The monoisotopic (exact) mass is 351 g/mol. The zero-order valence-corrected chi connectivity index (χ0v) is 14.4. The van der Waals surface area contributed by atoms with Crippen molar-refractivity contribution in [2.45, 2.75) is 68.5 Å². The maximum Gasteiger partial charge on any atom is 0.145 e.